The molecule has 6 heteroatoms. The summed E-state index contributed by atoms with van der Waals surface area (Å²) in [6, 6.07) is 7.89. The molecule has 1 fully saturated rings. The quantitative estimate of drug-likeness (QED) is 0.862. The smallest absolute Gasteiger partial charge is 0.227 e. The van der Waals surface area contributed by atoms with Crippen molar-refractivity contribution < 1.29 is 14.1 Å². The summed E-state index contributed by atoms with van der Waals surface area (Å²) in [5.74, 6) is 1.19. The number of rotatable bonds is 4. The number of hydrogen-bond donors (Lipinski definition) is 0. The first-order chi connectivity index (χ1) is 10.7. The van der Waals surface area contributed by atoms with Crippen molar-refractivity contribution in [3.8, 4) is 11.4 Å². The maximum atomic E-state index is 12.1. The minimum absolute atomic E-state index is 0.110. The molecule has 1 aliphatic heterocycles. The van der Waals surface area contributed by atoms with Crippen LogP contribution < -0.4 is 0 Å². The summed E-state index contributed by atoms with van der Waals surface area (Å²) in [6.45, 7) is 4.56. The van der Waals surface area contributed by atoms with Gasteiger partial charge in [0.25, 0.3) is 0 Å². The molecule has 116 valence electrons. The molecule has 0 N–H and O–H groups in total. The van der Waals surface area contributed by atoms with Gasteiger partial charge in [-0.25, -0.2) is 0 Å². The average Bonchev–Trinajstić information content (AvgIpc) is 3.02. The lowest BCUT2D eigenvalue weighted by Gasteiger charge is -2.26. The molecule has 0 aliphatic carbocycles. The number of carbonyl (C=O) groups excluding carboxylic acids is 1. The number of ether oxygens (including phenoxy) is 1. The molecule has 0 saturated carbocycles. The van der Waals surface area contributed by atoms with E-state index in [9.17, 15) is 4.79 Å². The fourth-order valence-corrected chi connectivity index (χ4v) is 2.47. The van der Waals surface area contributed by atoms with Crippen LogP contribution in [0.2, 0.25) is 0 Å². The van der Waals surface area contributed by atoms with E-state index < -0.39 is 0 Å². The second kappa shape index (κ2) is 6.70. The maximum absolute atomic E-state index is 12.1. The highest BCUT2D eigenvalue weighted by Gasteiger charge is 2.18. The summed E-state index contributed by atoms with van der Waals surface area (Å²) in [7, 11) is 0. The number of hydrogen-bond acceptors (Lipinski definition) is 5. The van der Waals surface area contributed by atoms with Gasteiger partial charge in [-0.1, -0.05) is 29.4 Å². The molecule has 0 bridgehead atoms. The number of aromatic nitrogens is 2. The molecule has 1 amide bonds. The summed E-state index contributed by atoms with van der Waals surface area (Å²) in [5, 5.41) is 4.01. The van der Waals surface area contributed by atoms with Crippen LogP contribution in [0, 0.1) is 6.92 Å². The highest BCUT2D eigenvalue weighted by atomic mass is 16.5. The van der Waals surface area contributed by atoms with Crippen LogP contribution in [0.5, 0.6) is 0 Å². The SMILES string of the molecule is Cc1ccccc1-c1noc(CCC(=O)N2CCOCC2)n1. The largest absolute Gasteiger partial charge is 0.378 e. The molecule has 1 aromatic carbocycles. The Morgan fingerprint density at radius 1 is 1.27 bits per heavy atom. The normalized spacial score (nSPS) is 15.0. The van der Waals surface area contributed by atoms with Crippen molar-refractivity contribution in [2.24, 2.45) is 0 Å². The molecule has 1 aromatic heterocycles. The van der Waals surface area contributed by atoms with E-state index in [1.54, 1.807) is 0 Å². The summed E-state index contributed by atoms with van der Waals surface area (Å²) in [6.07, 6.45) is 0.852. The monoisotopic (exact) mass is 301 g/mol. The fraction of sp³-hybridized carbons (Fsp3) is 0.438. The first-order valence-electron chi connectivity index (χ1n) is 7.48. The topological polar surface area (TPSA) is 68.5 Å². The number of carbonyl (C=O) groups is 1. The zero-order chi connectivity index (χ0) is 15.4. The molecule has 1 aliphatic rings. The molecule has 1 saturated heterocycles. The van der Waals surface area contributed by atoms with Crippen LogP contribution in [-0.4, -0.2) is 47.3 Å². The van der Waals surface area contributed by atoms with Gasteiger partial charge < -0.3 is 14.2 Å². The van der Waals surface area contributed by atoms with E-state index in [-0.39, 0.29) is 5.91 Å². The lowest BCUT2D eigenvalue weighted by molar-refractivity contribution is -0.135. The van der Waals surface area contributed by atoms with Crippen molar-refractivity contribution in [1.82, 2.24) is 15.0 Å². The van der Waals surface area contributed by atoms with Crippen molar-refractivity contribution in [3.05, 3.63) is 35.7 Å². The Balaban J connectivity index is 1.60. The number of morpholine rings is 1. The van der Waals surface area contributed by atoms with Crippen molar-refractivity contribution in [2.45, 2.75) is 19.8 Å². The predicted molar refractivity (Wildman–Crippen MR) is 80.2 cm³/mol. The molecule has 3 rings (SSSR count). The van der Waals surface area contributed by atoms with Gasteiger partial charge in [0.15, 0.2) is 0 Å². The molecular formula is C16H19N3O3. The van der Waals surface area contributed by atoms with Crippen LogP contribution in [0.25, 0.3) is 11.4 Å². The second-order valence-corrected chi connectivity index (χ2v) is 5.32. The maximum Gasteiger partial charge on any atom is 0.227 e. The lowest BCUT2D eigenvalue weighted by atomic mass is 10.1. The third-order valence-corrected chi connectivity index (χ3v) is 3.77. The van der Waals surface area contributed by atoms with Gasteiger partial charge in [0.1, 0.15) is 0 Å². The number of aryl methyl sites for hydroxylation is 2. The lowest BCUT2D eigenvalue weighted by Crippen LogP contribution is -2.40. The van der Waals surface area contributed by atoms with E-state index in [0.717, 1.165) is 11.1 Å². The number of nitrogens with zero attached hydrogens (tertiary/aromatic N) is 3. The van der Waals surface area contributed by atoms with Crippen LogP contribution in [0.3, 0.4) is 0 Å². The van der Waals surface area contributed by atoms with E-state index in [2.05, 4.69) is 10.1 Å². The van der Waals surface area contributed by atoms with Crippen LogP contribution in [0.4, 0.5) is 0 Å². The summed E-state index contributed by atoms with van der Waals surface area (Å²) in [5.41, 5.74) is 2.05. The molecule has 0 radical (unpaired) electrons. The Labute approximate surface area is 129 Å². The molecule has 2 aromatic rings. The van der Waals surface area contributed by atoms with Gasteiger partial charge in [-0.2, -0.15) is 4.98 Å². The summed E-state index contributed by atoms with van der Waals surface area (Å²) >= 11 is 0. The Kier molecular flexibility index (Phi) is 4.48. The standard InChI is InChI=1S/C16H19N3O3/c1-12-4-2-3-5-13(12)16-17-14(22-18-16)6-7-15(20)19-8-10-21-11-9-19/h2-5H,6-11H2,1H3. The summed E-state index contributed by atoms with van der Waals surface area (Å²) in [4.78, 5) is 18.3. The number of amides is 1. The van der Waals surface area contributed by atoms with E-state index in [0.29, 0.717) is 50.9 Å². The van der Waals surface area contributed by atoms with Gasteiger partial charge in [0.2, 0.25) is 17.6 Å². The average molecular weight is 301 g/mol. The summed E-state index contributed by atoms with van der Waals surface area (Å²) < 4.78 is 10.5. The van der Waals surface area contributed by atoms with Crippen molar-refractivity contribution in [1.29, 1.82) is 0 Å². The molecule has 0 atom stereocenters. The third-order valence-electron chi connectivity index (χ3n) is 3.77. The van der Waals surface area contributed by atoms with E-state index in [4.69, 9.17) is 9.26 Å². The van der Waals surface area contributed by atoms with Crippen LogP contribution in [-0.2, 0) is 16.0 Å². The Morgan fingerprint density at radius 3 is 2.82 bits per heavy atom. The van der Waals surface area contributed by atoms with Crippen LogP contribution >= 0.6 is 0 Å². The van der Waals surface area contributed by atoms with E-state index in [1.165, 1.54) is 0 Å². The predicted octanol–water partition coefficient (Wildman–Crippen LogP) is 1.84. The van der Waals surface area contributed by atoms with Gasteiger partial charge in [0, 0.05) is 31.5 Å². The van der Waals surface area contributed by atoms with Crippen molar-refractivity contribution in [2.75, 3.05) is 26.3 Å². The Bertz CT molecular complexity index is 648. The molecule has 2 heterocycles. The molecule has 6 nitrogen and oxygen atoms in total. The van der Waals surface area contributed by atoms with Gasteiger partial charge in [-0.3, -0.25) is 4.79 Å². The molecular weight excluding hydrogens is 282 g/mol. The fourth-order valence-electron chi connectivity index (χ4n) is 2.47. The first-order valence-corrected chi connectivity index (χ1v) is 7.48. The van der Waals surface area contributed by atoms with Crippen molar-refractivity contribution in [3.63, 3.8) is 0 Å². The first kappa shape index (κ1) is 14.7. The molecule has 22 heavy (non-hydrogen) atoms. The third kappa shape index (κ3) is 3.33. The zero-order valence-corrected chi connectivity index (χ0v) is 12.6. The minimum Gasteiger partial charge on any atom is -0.378 e. The van der Waals surface area contributed by atoms with Gasteiger partial charge in [-0.05, 0) is 12.5 Å². The van der Waals surface area contributed by atoms with E-state index >= 15 is 0 Å². The second-order valence-electron chi connectivity index (χ2n) is 5.32. The highest BCUT2D eigenvalue weighted by Crippen LogP contribution is 2.20. The van der Waals surface area contributed by atoms with Crippen LogP contribution in [0.15, 0.2) is 28.8 Å². The highest BCUT2D eigenvalue weighted by molar-refractivity contribution is 5.76. The Morgan fingerprint density at radius 2 is 2.05 bits per heavy atom. The van der Waals surface area contributed by atoms with Gasteiger partial charge in [0.05, 0.1) is 13.2 Å². The minimum atomic E-state index is 0.110. The molecule has 0 spiro atoms. The number of benzene rings is 1. The van der Waals surface area contributed by atoms with Gasteiger partial charge in [-0.15, -0.1) is 0 Å². The van der Waals surface area contributed by atoms with Crippen molar-refractivity contribution >= 4 is 5.91 Å². The van der Waals surface area contributed by atoms with Gasteiger partial charge >= 0.3 is 0 Å². The zero-order valence-electron chi connectivity index (χ0n) is 12.6. The van der Waals surface area contributed by atoms with E-state index in [1.807, 2.05) is 36.1 Å². The Hall–Kier alpha value is -2.21. The van der Waals surface area contributed by atoms with Crippen LogP contribution in [0.1, 0.15) is 17.9 Å². The molecule has 0 unspecified atom stereocenters.